The number of allylic oxidation sites excluding steroid dienone is 1. The van der Waals surface area contributed by atoms with Crippen LogP contribution in [0.4, 0.5) is 0 Å². The Balaban J connectivity index is 1.80. The molecule has 0 N–H and O–H groups in total. The third-order valence-electron chi connectivity index (χ3n) is 3.39. The molecule has 1 aromatic heterocycles. The zero-order valence-corrected chi connectivity index (χ0v) is 14.7. The Kier molecular flexibility index (Phi) is 7.68. The first-order valence-electron chi connectivity index (χ1n) is 8.21. The molecule has 1 heterocycles. The summed E-state index contributed by atoms with van der Waals surface area (Å²) >= 11 is 1.41. The van der Waals surface area contributed by atoms with Gasteiger partial charge in [0.1, 0.15) is 23.3 Å². The second-order valence-corrected chi connectivity index (χ2v) is 6.41. The first-order valence-corrected chi connectivity index (χ1v) is 9.03. The smallest absolute Gasteiger partial charge is 0.119 e. The van der Waals surface area contributed by atoms with Crippen molar-refractivity contribution >= 4 is 11.3 Å². The fourth-order valence-electron chi connectivity index (χ4n) is 2.08. The monoisotopic (exact) mass is 335 g/mol. The molecule has 0 fully saturated rings. The molecule has 0 aliphatic carbocycles. The van der Waals surface area contributed by atoms with Crippen LogP contribution in [0.25, 0.3) is 0 Å². The minimum atomic E-state index is 0.600. The Bertz CT molecular complexity index is 754. The molecule has 0 bridgehead atoms. The van der Waals surface area contributed by atoms with E-state index in [1.807, 2.05) is 30.3 Å². The molecule has 2 aromatic rings. The first-order chi connectivity index (χ1) is 11.8. The molecule has 0 saturated heterocycles. The lowest BCUT2D eigenvalue weighted by Gasteiger charge is -2.02. The molecule has 0 saturated carbocycles. The van der Waals surface area contributed by atoms with Gasteiger partial charge in [0.2, 0.25) is 0 Å². The van der Waals surface area contributed by atoms with E-state index in [1.54, 1.807) is 6.07 Å². The fourth-order valence-corrected chi connectivity index (χ4v) is 2.73. The molecule has 0 aliphatic heterocycles. The lowest BCUT2D eigenvalue weighted by molar-refractivity contribution is 0.362. The van der Waals surface area contributed by atoms with Crippen molar-refractivity contribution in [2.45, 2.75) is 32.6 Å². The van der Waals surface area contributed by atoms with Gasteiger partial charge in [-0.05, 0) is 49.2 Å². The number of ether oxygens (including phenoxy) is 1. The van der Waals surface area contributed by atoms with Crippen molar-refractivity contribution in [2.75, 3.05) is 6.61 Å². The first kappa shape index (κ1) is 17.9. The summed E-state index contributed by atoms with van der Waals surface area (Å²) in [5, 5.41) is 8.80. The van der Waals surface area contributed by atoms with Gasteiger partial charge in [-0.2, -0.15) is 5.26 Å². The van der Waals surface area contributed by atoms with Gasteiger partial charge in [-0.3, -0.25) is 0 Å². The van der Waals surface area contributed by atoms with Crippen LogP contribution in [-0.4, -0.2) is 6.61 Å². The number of hydrogen-bond acceptors (Lipinski definition) is 3. The summed E-state index contributed by atoms with van der Waals surface area (Å²) < 4.78 is 5.68. The van der Waals surface area contributed by atoms with E-state index in [4.69, 9.17) is 10.00 Å². The van der Waals surface area contributed by atoms with Crippen molar-refractivity contribution < 1.29 is 4.74 Å². The van der Waals surface area contributed by atoms with Crippen LogP contribution >= 0.6 is 11.3 Å². The van der Waals surface area contributed by atoms with Crippen LogP contribution in [-0.2, 0) is 0 Å². The Morgan fingerprint density at radius 3 is 2.50 bits per heavy atom. The molecular formula is C21H21NOS. The molecule has 0 atom stereocenters. The maximum absolute atomic E-state index is 8.80. The van der Waals surface area contributed by atoms with Gasteiger partial charge >= 0.3 is 0 Å². The van der Waals surface area contributed by atoms with Crippen LogP contribution in [0.3, 0.4) is 0 Å². The Morgan fingerprint density at radius 2 is 1.79 bits per heavy atom. The van der Waals surface area contributed by atoms with Gasteiger partial charge in [0.25, 0.3) is 0 Å². The van der Waals surface area contributed by atoms with Crippen molar-refractivity contribution in [2.24, 2.45) is 0 Å². The minimum absolute atomic E-state index is 0.600. The van der Waals surface area contributed by atoms with E-state index in [1.165, 1.54) is 30.6 Å². The predicted octanol–water partition coefficient (Wildman–Crippen LogP) is 5.53. The van der Waals surface area contributed by atoms with E-state index < -0.39 is 0 Å². The molecule has 0 amide bonds. The number of unbranched alkanes of at least 4 members (excludes halogenated alkanes) is 3. The summed E-state index contributed by atoms with van der Waals surface area (Å²) in [4.78, 5) is 1.59. The Hall–Kier alpha value is -2.49. The van der Waals surface area contributed by atoms with Crippen molar-refractivity contribution in [1.29, 1.82) is 5.26 Å². The van der Waals surface area contributed by atoms with E-state index in [9.17, 15) is 0 Å². The molecule has 0 spiro atoms. The summed E-state index contributed by atoms with van der Waals surface area (Å²) in [7, 11) is 0. The number of rotatable bonds is 7. The number of hydrogen-bond donors (Lipinski definition) is 0. The molecule has 0 unspecified atom stereocenters. The predicted molar refractivity (Wildman–Crippen MR) is 100 cm³/mol. The average Bonchev–Trinajstić information content (AvgIpc) is 3.08. The summed E-state index contributed by atoms with van der Waals surface area (Å²) in [5.41, 5.74) is 0.935. The van der Waals surface area contributed by atoms with Gasteiger partial charge in [-0.25, -0.2) is 0 Å². The highest BCUT2D eigenvalue weighted by Gasteiger charge is 1.95. The summed E-state index contributed by atoms with van der Waals surface area (Å²) in [6.07, 6.45) is 9.18. The van der Waals surface area contributed by atoms with Crippen LogP contribution in [0.1, 0.15) is 47.9 Å². The molecule has 24 heavy (non-hydrogen) atoms. The molecule has 122 valence electrons. The second kappa shape index (κ2) is 10.3. The van der Waals surface area contributed by atoms with Gasteiger partial charge in [0, 0.05) is 5.56 Å². The molecule has 2 rings (SSSR count). The maximum atomic E-state index is 8.80. The maximum Gasteiger partial charge on any atom is 0.119 e. The van der Waals surface area contributed by atoms with Gasteiger partial charge < -0.3 is 4.74 Å². The van der Waals surface area contributed by atoms with Crippen LogP contribution in [0.5, 0.6) is 5.75 Å². The van der Waals surface area contributed by atoms with Gasteiger partial charge in [-0.1, -0.05) is 43.8 Å². The van der Waals surface area contributed by atoms with E-state index in [0.29, 0.717) is 11.5 Å². The van der Waals surface area contributed by atoms with Gasteiger partial charge in [0.05, 0.1) is 4.88 Å². The van der Waals surface area contributed by atoms with Crippen LogP contribution in [0, 0.1) is 23.2 Å². The number of benzene rings is 1. The zero-order valence-electron chi connectivity index (χ0n) is 13.9. The summed E-state index contributed by atoms with van der Waals surface area (Å²) in [5.74, 6) is 7.03. The highest BCUT2D eigenvalue weighted by Crippen LogP contribution is 2.15. The van der Waals surface area contributed by atoms with Crippen LogP contribution < -0.4 is 4.74 Å². The lowest BCUT2D eigenvalue weighted by Crippen LogP contribution is -1.93. The lowest BCUT2D eigenvalue weighted by atomic mass is 10.2. The Labute approximate surface area is 148 Å². The molecule has 3 heteroatoms. The van der Waals surface area contributed by atoms with Crippen LogP contribution in [0.15, 0.2) is 48.6 Å². The van der Waals surface area contributed by atoms with Gasteiger partial charge in [-0.15, -0.1) is 11.3 Å². The van der Waals surface area contributed by atoms with E-state index >= 15 is 0 Å². The molecule has 1 aromatic carbocycles. The van der Waals surface area contributed by atoms with E-state index in [0.717, 1.165) is 22.6 Å². The number of thiophene rings is 1. The zero-order chi connectivity index (χ0) is 17.0. The van der Waals surface area contributed by atoms with Crippen molar-refractivity contribution in [3.63, 3.8) is 0 Å². The van der Waals surface area contributed by atoms with Crippen molar-refractivity contribution in [1.82, 2.24) is 0 Å². The average molecular weight is 335 g/mol. The number of nitriles is 1. The highest BCUT2D eigenvalue weighted by atomic mass is 32.1. The number of nitrogens with zero attached hydrogens (tertiary/aromatic N) is 1. The minimum Gasteiger partial charge on any atom is -0.490 e. The quantitative estimate of drug-likeness (QED) is 0.378. The SMILES string of the molecule is CCCCCC=CCOc1ccc(C#Cc2ccc(C#N)s2)cc1. The molecule has 2 nitrogen and oxygen atoms in total. The van der Waals surface area contributed by atoms with Crippen LogP contribution in [0.2, 0.25) is 0 Å². The largest absolute Gasteiger partial charge is 0.490 e. The highest BCUT2D eigenvalue weighted by molar-refractivity contribution is 7.13. The van der Waals surface area contributed by atoms with Crippen molar-refractivity contribution in [3.8, 4) is 23.7 Å². The third kappa shape index (κ3) is 6.32. The third-order valence-corrected chi connectivity index (χ3v) is 4.29. The molecular weight excluding hydrogens is 314 g/mol. The summed E-state index contributed by atoms with van der Waals surface area (Å²) in [6.45, 7) is 2.81. The standard InChI is InChI=1S/C21H21NOS/c1-2-3-4-5-6-7-16-23-19-11-8-18(9-12-19)10-13-20-14-15-21(17-22)24-20/h6-9,11-12,14-15H,2-5,16H2,1H3. The van der Waals surface area contributed by atoms with E-state index in [-0.39, 0.29) is 0 Å². The molecule has 0 radical (unpaired) electrons. The second-order valence-electron chi connectivity index (χ2n) is 5.33. The van der Waals surface area contributed by atoms with Gasteiger partial charge in [0.15, 0.2) is 0 Å². The normalized spacial score (nSPS) is 10.2. The van der Waals surface area contributed by atoms with E-state index in [2.05, 4.69) is 37.0 Å². The van der Waals surface area contributed by atoms with Crippen molar-refractivity contribution in [3.05, 3.63) is 63.9 Å². The Morgan fingerprint density at radius 1 is 1.00 bits per heavy atom. The fraction of sp³-hybridized carbons (Fsp3) is 0.286. The molecule has 0 aliphatic rings. The summed E-state index contributed by atoms with van der Waals surface area (Å²) in [6, 6.07) is 13.6. The topological polar surface area (TPSA) is 33.0 Å².